The Bertz CT molecular complexity index is 1190. The van der Waals surface area contributed by atoms with E-state index in [9.17, 15) is 18.0 Å². The van der Waals surface area contributed by atoms with Gasteiger partial charge in [0.15, 0.2) is 0 Å². The Balaban J connectivity index is 1.82. The SMILES string of the molecule is COc1ncc(-c2cncc3cc(C=C4SC(=S)NC4=O)oc23)cc1C(F)(F)F. The van der Waals surface area contributed by atoms with Gasteiger partial charge in [-0.15, -0.1) is 0 Å². The molecule has 1 amide bonds. The second-order valence-electron chi connectivity index (χ2n) is 5.89. The minimum absolute atomic E-state index is 0.166. The van der Waals surface area contributed by atoms with Crippen LogP contribution in [0.3, 0.4) is 0 Å². The summed E-state index contributed by atoms with van der Waals surface area (Å²) in [6, 6.07) is 2.57. The molecule has 4 heterocycles. The van der Waals surface area contributed by atoms with Crippen LogP contribution < -0.4 is 10.1 Å². The molecule has 0 bridgehead atoms. The van der Waals surface area contributed by atoms with Crippen molar-refractivity contribution in [1.29, 1.82) is 0 Å². The van der Waals surface area contributed by atoms with E-state index >= 15 is 0 Å². The number of nitrogens with one attached hydrogen (secondary N) is 1. The highest BCUT2D eigenvalue weighted by molar-refractivity contribution is 8.26. The standard InChI is InChI=1S/C18H10F3N3O3S2/c1-26-16-12(18(19,20)21)3-8(6-23-16)11-7-22-5-9-2-10(27-14(9)11)4-13-15(25)24-17(28)29-13/h2-7H,1H3,(H,24,25,28). The molecule has 0 aliphatic carbocycles. The van der Waals surface area contributed by atoms with Gasteiger partial charge >= 0.3 is 6.18 Å². The number of aromatic nitrogens is 2. The Morgan fingerprint density at radius 3 is 2.72 bits per heavy atom. The molecule has 1 fully saturated rings. The maximum Gasteiger partial charge on any atom is 0.421 e. The molecule has 0 spiro atoms. The van der Waals surface area contributed by atoms with Gasteiger partial charge in [0.25, 0.3) is 5.91 Å². The van der Waals surface area contributed by atoms with Crippen LogP contribution in [0.15, 0.2) is 40.0 Å². The number of carbonyl (C=O) groups excluding carboxylic acids is 1. The number of halogens is 3. The highest BCUT2D eigenvalue weighted by Crippen LogP contribution is 2.39. The van der Waals surface area contributed by atoms with Crippen molar-refractivity contribution in [2.45, 2.75) is 6.18 Å². The molecule has 1 N–H and O–H groups in total. The van der Waals surface area contributed by atoms with Gasteiger partial charge in [-0.3, -0.25) is 9.78 Å². The van der Waals surface area contributed by atoms with Crippen molar-refractivity contribution < 1.29 is 27.1 Å². The third-order valence-electron chi connectivity index (χ3n) is 4.02. The van der Waals surface area contributed by atoms with Crippen LogP contribution in [0.1, 0.15) is 11.3 Å². The second kappa shape index (κ2) is 7.16. The van der Waals surface area contributed by atoms with Gasteiger partial charge in [-0.25, -0.2) is 4.98 Å². The zero-order valence-electron chi connectivity index (χ0n) is 14.5. The smallest absolute Gasteiger partial charge is 0.421 e. The average molecular weight is 437 g/mol. The van der Waals surface area contributed by atoms with E-state index in [0.29, 0.717) is 31.5 Å². The number of hydrogen-bond acceptors (Lipinski definition) is 7. The van der Waals surface area contributed by atoms with Gasteiger partial charge in [0.05, 0.1) is 12.0 Å². The topological polar surface area (TPSA) is 77.3 Å². The van der Waals surface area contributed by atoms with Crippen LogP contribution >= 0.6 is 24.0 Å². The number of rotatable bonds is 3. The van der Waals surface area contributed by atoms with Crippen LogP contribution in [-0.2, 0) is 11.0 Å². The first-order valence-corrected chi connectivity index (χ1v) is 9.23. The van der Waals surface area contributed by atoms with Gasteiger partial charge in [-0.2, -0.15) is 13.2 Å². The van der Waals surface area contributed by atoms with E-state index in [1.807, 2.05) is 0 Å². The molecular weight excluding hydrogens is 427 g/mol. The van der Waals surface area contributed by atoms with Crippen molar-refractivity contribution in [3.05, 3.63) is 47.0 Å². The van der Waals surface area contributed by atoms with E-state index in [2.05, 4.69) is 15.3 Å². The van der Waals surface area contributed by atoms with E-state index in [4.69, 9.17) is 21.4 Å². The van der Waals surface area contributed by atoms with Gasteiger partial charge in [0, 0.05) is 41.2 Å². The van der Waals surface area contributed by atoms with Crippen LogP contribution in [0.2, 0.25) is 0 Å². The number of methoxy groups -OCH3 is 1. The molecule has 0 radical (unpaired) electrons. The lowest BCUT2D eigenvalue weighted by Crippen LogP contribution is -2.17. The molecule has 3 aromatic rings. The fourth-order valence-corrected chi connectivity index (χ4v) is 3.80. The summed E-state index contributed by atoms with van der Waals surface area (Å²) >= 11 is 6.04. The van der Waals surface area contributed by atoms with Crippen LogP contribution in [0.5, 0.6) is 5.88 Å². The fourth-order valence-electron chi connectivity index (χ4n) is 2.77. The van der Waals surface area contributed by atoms with Crippen molar-refractivity contribution in [2.75, 3.05) is 7.11 Å². The number of thiocarbonyl (C=S) groups is 1. The number of furan rings is 1. The molecule has 29 heavy (non-hydrogen) atoms. The highest BCUT2D eigenvalue weighted by Gasteiger charge is 2.36. The Morgan fingerprint density at radius 2 is 2.07 bits per heavy atom. The number of hydrogen-bond donors (Lipinski definition) is 1. The molecule has 0 unspecified atom stereocenters. The number of pyridine rings is 2. The van der Waals surface area contributed by atoms with Crippen LogP contribution in [-0.4, -0.2) is 27.3 Å². The maximum absolute atomic E-state index is 13.3. The summed E-state index contributed by atoms with van der Waals surface area (Å²) in [7, 11) is 1.12. The first kappa shape index (κ1) is 19.4. The Kier molecular flexibility index (Phi) is 4.79. The summed E-state index contributed by atoms with van der Waals surface area (Å²) in [5.74, 6) is -0.520. The molecule has 1 saturated heterocycles. The third-order valence-corrected chi connectivity index (χ3v) is 5.18. The highest BCUT2D eigenvalue weighted by atomic mass is 32.2. The van der Waals surface area contributed by atoms with E-state index in [1.54, 1.807) is 6.07 Å². The molecule has 0 saturated carbocycles. The molecule has 1 aliphatic heterocycles. The van der Waals surface area contributed by atoms with Crippen LogP contribution in [0.25, 0.3) is 28.2 Å². The quantitative estimate of drug-likeness (QED) is 0.481. The van der Waals surface area contributed by atoms with Crippen LogP contribution in [0.4, 0.5) is 13.2 Å². The van der Waals surface area contributed by atoms with E-state index < -0.39 is 17.6 Å². The van der Waals surface area contributed by atoms with Crippen molar-refractivity contribution in [1.82, 2.24) is 15.3 Å². The Morgan fingerprint density at radius 1 is 1.28 bits per heavy atom. The van der Waals surface area contributed by atoms with E-state index in [1.165, 1.54) is 24.7 Å². The molecule has 3 aromatic heterocycles. The summed E-state index contributed by atoms with van der Waals surface area (Å²) in [6.45, 7) is 0. The van der Waals surface area contributed by atoms with Gasteiger partial charge < -0.3 is 14.5 Å². The lowest BCUT2D eigenvalue weighted by atomic mass is 10.1. The number of fused-ring (bicyclic) bond motifs is 1. The zero-order valence-corrected chi connectivity index (χ0v) is 16.2. The second-order valence-corrected chi connectivity index (χ2v) is 7.60. The normalized spacial score (nSPS) is 15.9. The zero-order chi connectivity index (χ0) is 20.8. The summed E-state index contributed by atoms with van der Waals surface area (Å²) in [5, 5.41) is 3.06. The molecule has 0 aromatic carbocycles. The molecule has 1 aliphatic rings. The number of carbonyl (C=O) groups is 1. The van der Waals surface area contributed by atoms with Crippen molar-refractivity contribution in [2.24, 2.45) is 0 Å². The van der Waals surface area contributed by atoms with Crippen molar-refractivity contribution in [3.8, 4) is 17.0 Å². The monoisotopic (exact) mass is 437 g/mol. The van der Waals surface area contributed by atoms with Crippen molar-refractivity contribution >= 4 is 51.3 Å². The van der Waals surface area contributed by atoms with Crippen LogP contribution in [0, 0.1) is 0 Å². The Hall–Kier alpha value is -2.92. The van der Waals surface area contributed by atoms with Gasteiger partial charge in [0.1, 0.15) is 21.2 Å². The Labute approximate surface area is 171 Å². The lowest BCUT2D eigenvalue weighted by molar-refractivity contribution is -0.139. The number of thioether (sulfide) groups is 1. The van der Waals surface area contributed by atoms with E-state index in [0.717, 1.165) is 24.9 Å². The molecular formula is C18H10F3N3O3S2. The lowest BCUT2D eigenvalue weighted by Gasteiger charge is -2.12. The molecule has 4 rings (SSSR count). The molecule has 6 nitrogen and oxygen atoms in total. The number of nitrogens with zero attached hydrogens (tertiary/aromatic N) is 2. The largest absolute Gasteiger partial charge is 0.481 e. The summed E-state index contributed by atoms with van der Waals surface area (Å²) in [5.41, 5.74) is -0.195. The first-order chi connectivity index (χ1) is 13.8. The maximum atomic E-state index is 13.3. The van der Waals surface area contributed by atoms with Gasteiger partial charge in [-0.1, -0.05) is 24.0 Å². The first-order valence-electron chi connectivity index (χ1n) is 8.00. The minimum Gasteiger partial charge on any atom is -0.481 e. The third kappa shape index (κ3) is 3.70. The molecule has 148 valence electrons. The van der Waals surface area contributed by atoms with Crippen molar-refractivity contribution in [3.63, 3.8) is 0 Å². The molecule has 11 heteroatoms. The predicted octanol–water partition coefficient (Wildman–Crippen LogP) is 4.41. The molecule has 0 atom stereocenters. The number of amides is 1. The predicted molar refractivity (Wildman–Crippen MR) is 105 cm³/mol. The fraction of sp³-hybridized carbons (Fsp3) is 0.111. The average Bonchev–Trinajstić information content (AvgIpc) is 3.22. The van der Waals surface area contributed by atoms with Gasteiger partial charge in [-0.05, 0) is 12.1 Å². The summed E-state index contributed by atoms with van der Waals surface area (Å²) < 4.78 is 50.8. The minimum atomic E-state index is -4.64. The summed E-state index contributed by atoms with van der Waals surface area (Å²) in [6.07, 6.45) is 1.03. The summed E-state index contributed by atoms with van der Waals surface area (Å²) in [4.78, 5) is 20.0. The number of alkyl halides is 3. The number of ether oxygens (including phenoxy) is 1. The van der Waals surface area contributed by atoms with Gasteiger partial charge in [0.2, 0.25) is 5.88 Å². The van der Waals surface area contributed by atoms with E-state index in [-0.39, 0.29) is 11.5 Å².